The maximum Gasteiger partial charge on any atom is 0.307 e. The molecule has 0 aromatic carbocycles. The third-order valence-electron chi connectivity index (χ3n) is 10.1. The lowest BCUT2D eigenvalue weighted by Crippen LogP contribution is -2.65. The van der Waals surface area contributed by atoms with Gasteiger partial charge in [0.25, 0.3) is 5.91 Å². The van der Waals surface area contributed by atoms with Crippen molar-refractivity contribution in [2.24, 2.45) is 0 Å². The van der Waals surface area contributed by atoms with E-state index < -0.39 is 11.3 Å². The molecule has 6 heteroatoms. The molecule has 264 valence electrons. The number of rotatable bonds is 14. The van der Waals surface area contributed by atoms with Crippen LogP contribution in [0.2, 0.25) is 0 Å². The van der Waals surface area contributed by atoms with Crippen LogP contribution in [0.15, 0.2) is 0 Å². The lowest BCUT2D eigenvalue weighted by atomic mass is 9.72. The van der Waals surface area contributed by atoms with Gasteiger partial charge in [-0.2, -0.15) is 0 Å². The van der Waals surface area contributed by atoms with Crippen LogP contribution in [0.25, 0.3) is 0 Å². The molecule has 2 aliphatic heterocycles. The number of nitrogens with zero attached hydrogens (tertiary/aromatic N) is 1. The Balaban J connectivity index is 0.00000345. The van der Waals surface area contributed by atoms with Crippen molar-refractivity contribution in [3.05, 3.63) is 0 Å². The molecule has 0 radical (unpaired) electrons. The Kier molecular flexibility index (Phi) is 18.0. The van der Waals surface area contributed by atoms with E-state index in [-0.39, 0.29) is 29.4 Å². The van der Waals surface area contributed by atoms with E-state index in [0.717, 1.165) is 38.5 Å². The summed E-state index contributed by atoms with van der Waals surface area (Å²) in [4.78, 5) is 29.4. The summed E-state index contributed by atoms with van der Waals surface area (Å²) in [6.45, 7) is 15.9. The molecule has 2 spiro atoms. The van der Waals surface area contributed by atoms with Crippen molar-refractivity contribution >= 4 is 11.9 Å². The zero-order valence-electron chi connectivity index (χ0n) is 31.0. The molecule has 1 amide bonds. The minimum Gasteiger partial charge on any atom is -0.466 e. The van der Waals surface area contributed by atoms with Crippen LogP contribution >= 0.6 is 0 Å². The van der Waals surface area contributed by atoms with E-state index in [0.29, 0.717) is 26.0 Å². The summed E-state index contributed by atoms with van der Waals surface area (Å²) in [6, 6.07) is 0. The molecule has 3 rings (SSSR count). The summed E-state index contributed by atoms with van der Waals surface area (Å²) < 4.78 is 12.9. The molecular weight excluding hydrogens is 560 g/mol. The highest BCUT2D eigenvalue weighted by molar-refractivity contribution is 5.89. The van der Waals surface area contributed by atoms with Crippen LogP contribution in [-0.4, -0.2) is 52.3 Å². The summed E-state index contributed by atoms with van der Waals surface area (Å²) in [5.74, 6) is -0.0799. The number of piperidine rings is 1. The SMILES string of the molecule is CC.CCCCCCCCCCCCOC(=O)CCN1C(=O)C2(CC(C)(C)NC(C)(C)C2)OC12CCCCCCCCCCC2. The van der Waals surface area contributed by atoms with E-state index in [9.17, 15) is 9.59 Å². The molecule has 0 bridgehead atoms. The van der Waals surface area contributed by atoms with E-state index in [2.05, 4.69) is 39.9 Å². The zero-order valence-corrected chi connectivity index (χ0v) is 31.0. The largest absolute Gasteiger partial charge is 0.466 e. The number of ether oxygens (including phenoxy) is 2. The fourth-order valence-corrected chi connectivity index (χ4v) is 8.50. The van der Waals surface area contributed by atoms with Crippen molar-refractivity contribution in [2.45, 2.75) is 225 Å². The number of esters is 1. The van der Waals surface area contributed by atoms with Gasteiger partial charge in [-0.1, -0.05) is 124 Å². The average molecular weight is 635 g/mol. The Labute approximate surface area is 278 Å². The van der Waals surface area contributed by atoms with Gasteiger partial charge in [-0.05, 0) is 59.8 Å². The highest BCUT2D eigenvalue weighted by Crippen LogP contribution is 2.50. The summed E-state index contributed by atoms with van der Waals surface area (Å²) in [5, 5.41) is 3.75. The molecule has 1 saturated carbocycles. The van der Waals surface area contributed by atoms with Gasteiger partial charge in [-0.3, -0.25) is 9.59 Å². The number of amides is 1. The first-order valence-electron chi connectivity index (χ1n) is 19.5. The molecular formula is C39H74N2O4. The van der Waals surface area contributed by atoms with Gasteiger partial charge in [-0.25, -0.2) is 0 Å². The van der Waals surface area contributed by atoms with Crippen LogP contribution < -0.4 is 5.32 Å². The molecule has 45 heavy (non-hydrogen) atoms. The van der Waals surface area contributed by atoms with E-state index in [4.69, 9.17) is 9.47 Å². The number of nitrogens with one attached hydrogen (secondary N) is 1. The second-order valence-electron chi connectivity index (χ2n) is 15.6. The van der Waals surface area contributed by atoms with Gasteiger partial charge >= 0.3 is 5.97 Å². The van der Waals surface area contributed by atoms with Gasteiger partial charge in [0, 0.05) is 30.5 Å². The highest BCUT2D eigenvalue weighted by Gasteiger charge is 2.64. The van der Waals surface area contributed by atoms with Gasteiger partial charge in [0.15, 0.2) is 5.60 Å². The standard InChI is InChI=1S/C37H68N2O4.C2H6/c1-6-7-8-9-10-11-15-18-21-24-29-42-32(40)25-28-39-33(41)36(30-34(2,3)38-35(4,5)31-36)43-37(39)26-22-19-16-13-12-14-17-20-23-27-37;1-2/h38H,6-31H2,1-5H3;1-2H3. The van der Waals surface area contributed by atoms with Crippen molar-refractivity contribution < 1.29 is 19.1 Å². The highest BCUT2D eigenvalue weighted by atomic mass is 16.6. The summed E-state index contributed by atoms with van der Waals surface area (Å²) in [7, 11) is 0. The molecule has 0 atom stereocenters. The third kappa shape index (κ3) is 13.5. The monoisotopic (exact) mass is 635 g/mol. The summed E-state index contributed by atoms with van der Waals surface area (Å²) >= 11 is 0. The fraction of sp³-hybridized carbons (Fsp3) is 0.949. The first kappa shape index (κ1) is 40.0. The van der Waals surface area contributed by atoms with Gasteiger partial charge < -0.3 is 19.7 Å². The Morgan fingerprint density at radius 1 is 0.733 bits per heavy atom. The van der Waals surface area contributed by atoms with Crippen LogP contribution in [0.1, 0.15) is 203 Å². The average Bonchev–Trinajstić information content (AvgIpc) is 3.17. The van der Waals surface area contributed by atoms with Crippen LogP contribution in [0.5, 0.6) is 0 Å². The minimum absolute atomic E-state index is 0.102. The molecule has 0 unspecified atom stereocenters. The van der Waals surface area contributed by atoms with Crippen molar-refractivity contribution in [3.8, 4) is 0 Å². The first-order chi connectivity index (χ1) is 21.5. The van der Waals surface area contributed by atoms with Crippen LogP contribution in [0.4, 0.5) is 0 Å². The summed E-state index contributed by atoms with van der Waals surface area (Å²) in [6.07, 6.45) is 26.9. The zero-order chi connectivity index (χ0) is 33.2. The second-order valence-corrected chi connectivity index (χ2v) is 15.6. The van der Waals surface area contributed by atoms with Crippen molar-refractivity contribution in [1.82, 2.24) is 10.2 Å². The normalized spacial score (nSPS) is 22.7. The molecule has 3 fully saturated rings. The van der Waals surface area contributed by atoms with Gasteiger partial charge in [0.05, 0.1) is 13.0 Å². The van der Waals surface area contributed by atoms with Crippen molar-refractivity contribution in [2.75, 3.05) is 13.2 Å². The Morgan fingerprint density at radius 3 is 1.67 bits per heavy atom. The first-order valence-corrected chi connectivity index (χ1v) is 19.5. The molecule has 2 saturated heterocycles. The number of carbonyl (C=O) groups is 2. The second kappa shape index (κ2) is 20.3. The topological polar surface area (TPSA) is 67.9 Å². The quantitative estimate of drug-likeness (QED) is 0.152. The van der Waals surface area contributed by atoms with E-state index in [1.54, 1.807) is 0 Å². The van der Waals surface area contributed by atoms with Gasteiger partial charge in [0.1, 0.15) is 5.72 Å². The number of carbonyl (C=O) groups excluding carboxylic acids is 2. The van der Waals surface area contributed by atoms with Crippen molar-refractivity contribution in [3.63, 3.8) is 0 Å². The molecule has 2 heterocycles. The van der Waals surface area contributed by atoms with Gasteiger partial charge in [-0.15, -0.1) is 0 Å². The molecule has 0 aromatic heterocycles. The predicted molar refractivity (Wildman–Crippen MR) is 188 cm³/mol. The van der Waals surface area contributed by atoms with Crippen molar-refractivity contribution in [1.29, 1.82) is 0 Å². The minimum atomic E-state index is -0.838. The van der Waals surface area contributed by atoms with E-state index >= 15 is 0 Å². The molecule has 3 aliphatic rings. The Morgan fingerprint density at radius 2 is 1.18 bits per heavy atom. The smallest absolute Gasteiger partial charge is 0.307 e. The van der Waals surface area contributed by atoms with Crippen LogP contribution in [0.3, 0.4) is 0 Å². The fourth-order valence-electron chi connectivity index (χ4n) is 8.50. The number of unbranched alkanes of at least 4 members (excludes halogenated alkanes) is 9. The van der Waals surface area contributed by atoms with Crippen LogP contribution in [0, 0.1) is 0 Å². The van der Waals surface area contributed by atoms with E-state index in [1.807, 2.05) is 18.7 Å². The number of hydrogen-bond donors (Lipinski definition) is 1. The lowest BCUT2D eigenvalue weighted by Gasteiger charge is -2.50. The van der Waals surface area contributed by atoms with Crippen LogP contribution in [-0.2, 0) is 19.1 Å². The Hall–Kier alpha value is -1.14. The number of hydrogen-bond acceptors (Lipinski definition) is 5. The molecule has 6 nitrogen and oxygen atoms in total. The molecule has 1 aliphatic carbocycles. The van der Waals surface area contributed by atoms with Gasteiger partial charge in [0.2, 0.25) is 0 Å². The maximum atomic E-state index is 14.5. The lowest BCUT2D eigenvalue weighted by molar-refractivity contribution is -0.177. The summed E-state index contributed by atoms with van der Waals surface area (Å²) in [5.41, 5.74) is -1.88. The maximum absolute atomic E-state index is 14.5. The van der Waals surface area contributed by atoms with E-state index in [1.165, 1.54) is 96.3 Å². The molecule has 1 N–H and O–H groups in total. The molecule has 0 aromatic rings. The predicted octanol–water partition coefficient (Wildman–Crippen LogP) is 10.4. The third-order valence-corrected chi connectivity index (χ3v) is 10.1. The Bertz CT molecular complexity index is 811.